The normalized spacial score (nSPS) is 13.0. The number of rotatable bonds is 4. The van der Waals surface area contributed by atoms with Crippen molar-refractivity contribution >= 4 is 16.8 Å². The maximum absolute atomic E-state index is 12.6. The highest BCUT2D eigenvalue weighted by Crippen LogP contribution is 2.29. The number of halogens is 3. The van der Waals surface area contributed by atoms with Gasteiger partial charge in [-0.1, -0.05) is 18.2 Å². The van der Waals surface area contributed by atoms with Crippen molar-refractivity contribution in [2.45, 2.75) is 12.3 Å². The van der Waals surface area contributed by atoms with E-state index in [9.17, 15) is 23.1 Å². The number of fused-ring (bicyclic) bond motifs is 1. The number of carbonyl (C=O) groups is 1. The Kier molecular flexibility index (Phi) is 4.73. The molecule has 0 fully saturated rings. The molecule has 0 spiro atoms. The number of aliphatic hydroxyl groups excluding tert-OH is 1. The van der Waals surface area contributed by atoms with E-state index < -0.39 is 23.8 Å². The first kappa shape index (κ1) is 18.0. The summed E-state index contributed by atoms with van der Waals surface area (Å²) in [6, 6.07) is 11.5. The van der Waals surface area contributed by atoms with Crippen LogP contribution in [0.25, 0.3) is 10.9 Å². The average molecular weight is 362 g/mol. The third-order valence-corrected chi connectivity index (χ3v) is 4.22. The van der Waals surface area contributed by atoms with Gasteiger partial charge in [0.2, 0.25) is 0 Å². The largest absolute Gasteiger partial charge is 0.416 e. The summed E-state index contributed by atoms with van der Waals surface area (Å²) in [5, 5.41) is 13.8. The molecule has 1 aromatic heterocycles. The number of nitrogens with zero attached hydrogens (tertiary/aromatic N) is 1. The molecule has 0 bridgehead atoms. The average Bonchev–Trinajstić information content (AvgIpc) is 2.96. The van der Waals surface area contributed by atoms with Crippen LogP contribution >= 0.6 is 0 Å². The summed E-state index contributed by atoms with van der Waals surface area (Å²) in [6.07, 6.45) is -3.58. The highest BCUT2D eigenvalue weighted by atomic mass is 19.4. The molecule has 0 saturated carbocycles. The van der Waals surface area contributed by atoms with E-state index in [1.165, 1.54) is 0 Å². The molecule has 0 saturated heterocycles. The fourth-order valence-corrected chi connectivity index (χ4v) is 2.85. The van der Waals surface area contributed by atoms with E-state index in [2.05, 4.69) is 5.32 Å². The lowest BCUT2D eigenvalue weighted by atomic mass is 10.1. The van der Waals surface area contributed by atoms with Crippen molar-refractivity contribution in [1.29, 1.82) is 0 Å². The monoisotopic (exact) mass is 362 g/mol. The lowest BCUT2D eigenvalue weighted by molar-refractivity contribution is -0.137. The summed E-state index contributed by atoms with van der Waals surface area (Å²) in [6.45, 7) is -0.0478. The molecule has 1 atom stereocenters. The van der Waals surface area contributed by atoms with Gasteiger partial charge in [-0.05, 0) is 30.3 Å². The molecule has 4 nitrogen and oxygen atoms in total. The molecule has 26 heavy (non-hydrogen) atoms. The number of aryl methyl sites for hydroxylation is 1. The third-order valence-electron chi connectivity index (χ3n) is 4.22. The molecule has 1 amide bonds. The topological polar surface area (TPSA) is 54.3 Å². The Bertz CT molecular complexity index is 930. The number of hydrogen-bond acceptors (Lipinski definition) is 2. The summed E-state index contributed by atoms with van der Waals surface area (Å²) in [5.74, 6) is -0.544. The molecule has 3 aromatic rings. The third kappa shape index (κ3) is 3.57. The zero-order chi connectivity index (χ0) is 18.9. The Balaban J connectivity index is 1.69. The molecule has 2 N–H and O–H groups in total. The van der Waals surface area contributed by atoms with Crippen LogP contribution in [0.4, 0.5) is 13.2 Å². The molecule has 2 aromatic carbocycles. The number of benzene rings is 2. The zero-order valence-corrected chi connectivity index (χ0v) is 13.9. The van der Waals surface area contributed by atoms with E-state index >= 15 is 0 Å². The molecular weight excluding hydrogens is 345 g/mol. The number of aliphatic hydroxyl groups is 1. The Morgan fingerprint density at radius 3 is 2.46 bits per heavy atom. The number of aromatic nitrogens is 1. The maximum atomic E-state index is 12.6. The molecule has 3 rings (SSSR count). The first-order valence-corrected chi connectivity index (χ1v) is 7.95. The first-order valence-electron chi connectivity index (χ1n) is 7.95. The van der Waals surface area contributed by atoms with E-state index in [4.69, 9.17) is 0 Å². The minimum Gasteiger partial charge on any atom is -0.386 e. The van der Waals surface area contributed by atoms with Gasteiger partial charge >= 0.3 is 6.18 Å². The number of carbonyl (C=O) groups excluding carboxylic acids is 1. The molecule has 1 heterocycles. The van der Waals surface area contributed by atoms with Crippen molar-refractivity contribution in [3.63, 3.8) is 0 Å². The number of nitrogens with one attached hydrogen (secondary N) is 1. The van der Waals surface area contributed by atoms with Crippen LogP contribution in [0.15, 0.2) is 54.7 Å². The van der Waals surface area contributed by atoms with Crippen LogP contribution in [0.2, 0.25) is 0 Å². The summed E-state index contributed by atoms with van der Waals surface area (Å²) in [7, 11) is 1.86. The highest BCUT2D eigenvalue weighted by molar-refractivity contribution is 5.94. The van der Waals surface area contributed by atoms with Gasteiger partial charge in [0.05, 0.1) is 11.7 Å². The second-order valence-corrected chi connectivity index (χ2v) is 6.01. The van der Waals surface area contributed by atoms with Gasteiger partial charge in [0.25, 0.3) is 5.91 Å². The summed E-state index contributed by atoms with van der Waals surface area (Å²) in [5.41, 5.74) is 0.916. The van der Waals surface area contributed by atoms with Crippen LogP contribution in [-0.2, 0) is 13.2 Å². The number of hydrogen-bond donors (Lipinski definition) is 2. The van der Waals surface area contributed by atoms with Gasteiger partial charge in [-0.25, -0.2) is 0 Å². The quantitative estimate of drug-likeness (QED) is 0.744. The van der Waals surface area contributed by atoms with Crippen molar-refractivity contribution in [2.75, 3.05) is 6.54 Å². The van der Waals surface area contributed by atoms with Gasteiger partial charge in [0, 0.05) is 41.8 Å². The molecule has 0 aliphatic rings. The van der Waals surface area contributed by atoms with Crippen molar-refractivity contribution < 1.29 is 23.1 Å². The molecule has 0 unspecified atom stereocenters. The predicted molar refractivity (Wildman–Crippen MR) is 91.7 cm³/mol. The van der Waals surface area contributed by atoms with E-state index in [1.54, 1.807) is 6.20 Å². The van der Waals surface area contributed by atoms with Gasteiger partial charge in [0.1, 0.15) is 0 Å². The van der Waals surface area contributed by atoms with Crippen molar-refractivity contribution in [1.82, 2.24) is 9.88 Å². The van der Waals surface area contributed by atoms with E-state index in [-0.39, 0.29) is 12.1 Å². The van der Waals surface area contributed by atoms with Crippen molar-refractivity contribution in [2.24, 2.45) is 7.05 Å². The second-order valence-electron chi connectivity index (χ2n) is 6.01. The summed E-state index contributed by atoms with van der Waals surface area (Å²) >= 11 is 0. The Labute approximate surface area is 147 Å². The van der Waals surface area contributed by atoms with Gasteiger partial charge < -0.3 is 15.0 Å². The van der Waals surface area contributed by atoms with Crippen LogP contribution in [0.1, 0.15) is 27.6 Å². The van der Waals surface area contributed by atoms with Crippen LogP contribution in [0.5, 0.6) is 0 Å². The van der Waals surface area contributed by atoms with Gasteiger partial charge in [0.15, 0.2) is 0 Å². The van der Waals surface area contributed by atoms with E-state index in [1.807, 2.05) is 35.9 Å². The Morgan fingerprint density at radius 1 is 1.15 bits per heavy atom. The Hall–Kier alpha value is -2.80. The fraction of sp³-hybridized carbons (Fsp3) is 0.211. The zero-order valence-electron chi connectivity index (χ0n) is 13.9. The summed E-state index contributed by atoms with van der Waals surface area (Å²) < 4.78 is 39.5. The highest BCUT2D eigenvalue weighted by Gasteiger charge is 2.30. The molecule has 136 valence electrons. The second kappa shape index (κ2) is 6.84. The molecule has 0 aliphatic carbocycles. The predicted octanol–water partition coefficient (Wildman–Crippen LogP) is 3.66. The van der Waals surface area contributed by atoms with E-state index in [0.29, 0.717) is 5.56 Å². The lowest BCUT2D eigenvalue weighted by Crippen LogP contribution is -2.28. The minimum absolute atomic E-state index is 0.0478. The summed E-state index contributed by atoms with van der Waals surface area (Å²) in [4.78, 5) is 12.1. The van der Waals surface area contributed by atoms with Crippen molar-refractivity contribution in [3.05, 3.63) is 71.4 Å². The number of alkyl halides is 3. The number of amides is 1. The van der Waals surface area contributed by atoms with Crippen molar-refractivity contribution in [3.8, 4) is 0 Å². The van der Waals surface area contributed by atoms with E-state index in [0.717, 1.165) is 35.2 Å². The van der Waals surface area contributed by atoms with Crippen LogP contribution in [-0.4, -0.2) is 22.1 Å². The minimum atomic E-state index is -4.44. The van der Waals surface area contributed by atoms with Gasteiger partial charge in [-0.2, -0.15) is 13.2 Å². The Morgan fingerprint density at radius 2 is 1.81 bits per heavy atom. The SMILES string of the molecule is Cn1cc([C@@H](O)CNC(=O)c2ccc(C(F)(F)F)cc2)c2ccccc21. The lowest BCUT2D eigenvalue weighted by Gasteiger charge is -2.12. The molecule has 0 aliphatic heterocycles. The molecular formula is C19H17F3N2O2. The van der Waals surface area contributed by atoms with Gasteiger partial charge in [-0.15, -0.1) is 0 Å². The number of para-hydroxylation sites is 1. The standard InChI is InChI=1S/C19H17F3N2O2/c1-24-11-15(14-4-2-3-5-16(14)24)17(25)10-23-18(26)12-6-8-13(9-7-12)19(20,21)22/h2-9,11,17,25H,10H2,1H3,(H,23,26)/t17-/m0/s1. The smallest absolute Gasteiger partial charge is 0.386 e. The van der Waals surface area contributed by atoms with Gasteiger partial charge in [-0.3, -0.25) is 4.79 Å². The fourth-order valence-electron chi connectivity index (χ4n) is 2.85. The molecule has 7 heteroatoms. The van der Waals surface area contributed by atoms with Crippen LogP contribution in [0, 0.1) is 0 Å². The first-order chi connectivity index (χ1) is 12.3. The maximum Gasteiger partial charge on any atom is 0.416 e. The molecule has 0 radical (unpaired) electrons. The van der Waals surface area contributed by atoms with Crippen LogP contribution < -0.4 is 5.32 Å². The van der Waals surface area contributed by atoms with Crippen LogP contribution in [0.3, 0.4) is 0 Å².